The lowest BCUT2D eigenvalue weighted by Gasteiger charge is -2.34. The summed E-state index contributed by atoms with van der Waals surface area (Å²) in [7, 11) is 1.65. The molecule has 2 aromatic rings. The van der Waals surface area contributed by atoms with Crippen LogP contribution in [0.1, 0.15) is 17.5 Å². The van der Waals surface area contributed by atoms with E-state index in [1.165, 1.54) is 12.0 Å². The van der Waals surface area contributed by atoms with E-state index in [-0.39, 0.29) is 5.91 Å². The Balaban J connectivity index is 1.39. The molecule has 0 N–H and O–H groups in total. The second-order valence-corrected chi connectivity index (χ2v) is 6.84. The Morgan fingerprint density at radius 1 is 0.962 bits per heavy atom. The topological polar surface area (TPSA) is 32.8 Å². The molecule has 1 fully saturated rings. The van der Waals surface area contributed by atoms with E-state index >= 15 is 0 Å². The average molecular weight is 352 g/mol. The molecular weight excluding hydrogens is 324 g/mol. The van der Waals surface area contributed by atoms with Crippen LogP contribution in [0.5, 0.6) is 5.75 Å². The van der Waals surface area contributed by atoms with Gasteiger partial charge in [0.1, 0.15) is 5.75 Å². The van der Waals surface area contributed by atoms with Crippen molar-refractivity contribution >= 4 is 5.91 Å². The maximum Gasteiger partial charge on any atom is 0.227 e. The third-order valence-electron chi connectivity index (χ3n) is 5.00. The number of carbonyl (C=O) groups excluding carboxylic acids is 1. The van der Waals surface area contributed by atoms with Crippen molar-refractivity contribution in [1.29, 1.82) is 0 Å². The van der Waals surface area contributed by atoms with Crippen LogP contribution in [-0.2, 0) is 17.6 Å². The normalized spacial score (nSPS) is 15.0. The van der Waals surface area contributed by atoms with Crippen molar-refractivity contribution in [2.45, 2.75) is 19.3 Å². The van der Waals surface area contributed by atoms with Gasteiger partial charge in [0, 0.05) is 26.2 Å². The molecule has 1 amide bonds. The fourth-order valence-electron chi connectivity index (χ4n) is 3.44. The minimum Gasteiger partial charge on any atom is -0.497 e. The summed E-state index contributed by atoms with van der Waals surface area (Å²) in [4.78, 5) is 17.0. The van der Waals surface area contributed by atoms with Gasteiger partial charge in [-0.05, 0) is 42.6 Å². The number of piperazine rings is 1. The van der Waals surface area contributed by atoms with Crippen molar-refractivity contribution in [2.24, 2.45) is 0 Å². The third kappa shape index (κ3) is 5.33. The van der Waals surface area contributed by atoms with E-state index < -0.39 is 0 Å². The van der Waals surface area contributed by atoms with Crippen LogP contribution in [0.3, 0.4) is 0 Å². The highest BCUT2D eigenvalue weighted by Crippen LogP contribution is 2.14. The van der Waals surface area contributed by atoms with E-state index in [1.54, 1.807) is 7.11 Å². The molecular formula is C22H28N2O2. The minimum atomic E-state index is 0.210. The summed E-state index contributed by atoms with van der Waals surface area (Å²) < 4.78 is 5.23. The van der Waals surface area contributed by atoms with Gasteiger partial charge in [0.15, 0.2) is 0 Å². The van der Waals surface area contributed by atoms with Crippen molar-refractivity contribution in [3.8, 4) is 5.75 Å². The monoisotopic (exact) mass is 352 g/mol. The summed E-state index contributed by atoms with van der Waals surface area (Å²) in [6.07, 6.45) is 2.74. The predicted octanol–water partition coefficient (Wildman–Crippen LogP) is 3.01. The van der Waals surface area contributed by atoms with Crippen LogP contribution >= 0.6 is 0 Å². The molecule has 1 heterocycles. The van der Waals surface area contributed by atoms with Gasteiger partial charge in [-0.15, -0.1) is 0 Å². The molecule has 1 aliphatic heterocycles. The summed E-state index contributed by atoms with van der Waals surface area (Å²) in [5.74, 6) is 1.01. The molecule has 0 bridgehead atoms. The molecule has 2 aromatic carbocycles. The van der Waals surface area contributed by atoms with Crippen molar-refractivity contribution < 1.29 is 9.53 Å². The Labute approximate surface area is 156 Å². The van der Waals surface area contributed by atoms with Crippen LogP contribution in [0.2, 0.25) is 0 Å². The lowest BCUT2D eigenvalue weighted by Crippen LogP contribution is -2.49. The number of hydrogen-bond acceptors (Lipinski definition) is 3. The highest BCUT2D eigenvalue weighted by atomic mass is 16.5. The van der Waals surface area contributed by atoms with Gasteiger partial charge in [0.05, 0.1) is 13.5 Å². The molecule has 0 atom stereocenters. The van der Waals surface area contributed by atoms with Crippen molar-refractivity contribution in [3.05, 3.63) is 65.7 Å². The first-order chi connectivity index (χ1) is 12.7. The molecule has 4 nitrogen and oxygen atoms in total. The first kappa shape index (κ1) is 18.5. The predicted molar refractivity (Wildman–Crippen MR) is 104 cm³/mol. The lowest BCUT2D eigenvalue weighted by atomic mass is 10.1. The van der Waals surface area contributed by atoms with Crippen LogP contribution in [-0.4, -0.2) is 55.5 Å². The van der Waals surface area contributed by atoms with Crippen LogP contribution in [0, 0.1) is 0 Å². The number of methoxy groups -OCH3 is 1. The second-order valence-electron chi connectivity index (χ2n) is 6.84. The van der Waals surface area contributed by atoms with Gasteiger partial charge in [0.25, 0.3) is 0 Å². The molecule has 0 spiro atoms. The molecule has 1 aliphatic rings. The molecule has 0 aromatic heterocycles. The zero-order valence-corrected chi connectivity index (χ0v) is 15.6. The Bertz CT molecular complexity index is 694. The first-order valence-electron chi connectivity index (χ1n) is 9.41. The minimum absolute atomic E-state index is 0.210. The van der Waals surface area contributed by atoms with E-state index in [4.69, 9.17) is 4.74 Å². The molecule has 0 saturated carbocycles. The zero-order valence-electron chi connectivity index (χ0n) is 15.6. The number of ether oxygens (including phenoxy) is 1. The Morgan fingerprint density at radius 3 is 2.42 bits per heavy atom. The van der Waals surface area contributed by atoms with Crippen LogP contribution < -0.4 is 4.74 Å². The number of amides is 1. The Kier molecular flexibility index (Phi) is 6.67. The van der Waals surface area contributed by atoms with Gasteiger partial charge in [0.2, 0.25) is 5.91 Å². The maximum absolute atomic E-state index is 12.5. The molecule has 4 heteroatoms. The summed E-state index contributed by atoms with van der Waals surface area (Å²) in [5, 5.41) is 0. The van der Waals surface area contributed by atoms with E-state index in [0.29, 0.717) is 6.42 Å². The van der Waals surface area contributed by atoms with Crippen LogP contribution in [0.4, 0.5) is 0 Å². The molecule has 138 valence electrons. The van der Waals surface area contributed by atoms with E-state index in [1.807, 2.05) is 29.2 Å². The van der Waals surface area contributed by atoms with E-state index in [0.717, 1.165) is 50.5 Å². The van der Waals surface area contributed by atoms with Gasteiger partial charge in [-0.3, -0.25) is 9.69 Å². The summed E-state index contributed by atoms with van der Waals surface area (Å²) in [6.45, 7) is 4.70. The number of carbonyl (C=O) groups is 1. The SMILES string of the molecule is COc1cccc(CC(=O)N2CCN(CCCc3ccccc3)CC2)c1. The van der Waals surface area contributed by atoms with Gasteiger partial charge in [-0.25, -0.2) is 0 Å². The fourth-order valence-corrected chi connectivity index (χ4v) is 3.44. The number of rotatable bonds is 7. The summed E-state index contributed by atoms with van der Waals surface area (Å²) in [5.41, 5.74) is 2.42. The number of hydrogen-bond donors (Lipinski definition) is 0. The standard InChI is InChI=1S/C22H28N2O2/c1-26-21-11-5-9-20(17-21)18-22(25)24-15-13-23(14-16-24)12-6-10-19-7-3-2-4-8-19/h2-5,7-9,11,17H,6,10,12-16,18H2,1H3. The first-order valence-corrected chi connectivity index (χ1v) is 9.41. The van der Waals surface area contributed by atoms with Crippen molar-refractivity contribution in [1.82, 2.24) is 9.80 Å². The molecule has 0 aliphatic carbocycles. The zero-order chi connectivity index (χ0) is 18.2. The highest BCUT2D eigenvalue weighted by Gasteiger charge is 2.20. The van der Waals surface area contributed by atoms with E-state index in [2.05, 4.69) is 35.2 Å². The second kappa shape index (κ2) is 9.39. The van der Waals surface area contributed by atoms with Gasteiger partial charge >= 0.3 is 0 Å². The lowest BCUT2D eigenvalue weighted by molar-refractivity contribution is -0.132. The van der Waals surface area contributed by atoms with Crippen LogP contribution in [0.25, 0.3) is 0 Å². The molecule has 26 heavy (non-hydrogen) atoms. The average Bonchev–Trinajstić information content (AvgIpc) is 2.69. The molecule has 0 unspecified atom stereocenters. The molecule has 3 rings (SSSR count). The number of aryl methyl sites for hydroxylation is 1. The van der Waals surface area contributed by atoms with Crippen molar-refractivity contribution in [2.75, 3.05) is 39.8 Å². The number of benzene rings is 2. The highest BCUT2D eigenvalue weighted by molar-refractivity contribution is 5.79. The summed E-state index contributed by atoms with van der Waals surface area (Å²) >= 11 is 0. The quantitative estimate of drug-likeness (QED) is 0.768. The smallest absolute Gasteiger partial charge is 0.227 e. The Morgan fingerprint density at radius 2 is 1.69 bits per heavy atom. The largest absolute Gasteiger partial charge is 0.497 e. The van der Waals surface area contributed by atoms with Crippen molar-refractivity contribution in [3.63, 3.8) is 0 Å². The van der Waals surface area contributed by atoms with Gasteiger partial charge in [-0.1, -0.05) is 42.5 Å². The summed E-state index contributed by atoms with van der Waals surface area (Å²) in [6, 6.07) is 18.4. The maximum atomic E-state index is 12.5. The van der Waals surface area contributed by atoms with Crippen LogP contribution in [0.15, 0.2) is 54.6 Å². The Hall–Kier alpha value is -2.33. The fraction of sp³-hybridized carbons (Fsp3) is 0.409. The molecule has 0 radical (unpaired) electrons. The van der Waals surface area contributed by atoms with E-state index in [9.17, 15) is 4.79 Å². The number of nitrogens with zero attached hydrogens (tertiary/aromatic N) is 2. The molecule has 1 saturated heterocycles. The third-order valence-corrected chi connectivity index (χ3v) is 5.00. The van der Waals surface area contributed by atoms with Gasteiger partial charge in [-0.2, -0.15) is 0 Å². The van der Waals surface area contributed by atoms with Gasteiger partial charge < -0.3 is 9.64 Å².